The summed E-state index contributed by atoms with van der Waals surface area (Å²) in [5, 5.41) is 7.12. The Kier molecular flexibility index (Phi) is 3.91. The predicted molar refractivity (Wildman–Crippen MR) is 77.1 cm³/mol. The van der Waals surface area contributed by atoms with Gasteiger partial charge in [0.05, 0.1) is 10.7 Å². The molecule has 0 radical (unpaired) electrons. The van der Waals surface area contributed by atoms with E-state index in [1.54, 1.807) is 6.08 Å². The quantitative estimate of drug-likeness (QED) is 0.692. The van der Waals surface area contributed by atoms with Gasteiger partial charge in [0.15, 0.2) is 0 Å². The fourth-order valence-electron chi connectivity index (χ4n) is 1.84. The third-order valence-corrected chi connectivity index (χ3v) is 4.15. The van der Waals surface area contributed by atoms with Gasteiger partial charge in [0.2, 0.25) is 0 Å². The van der Waals surface area contributed by atoms with Crippen molar-refractivity contribution in [2.24, 2.45) is 5.92 Å². The summed E-state index contributed by atoms with van der Waals surface area (Å²) in [5.74, 6) is 0.635. The zero-order chi connectivity index (χ0) is 13.1. The lowest BCUT2D eigenvalue weighted by Gasteiger charge is -2.11. The molecule has 98 valence electrons. The maximum Gasteiger partial charge on any atom is 0.263 e. The van der Waals surface area contributed by atoms with Gasteiger partial charge in [-0.25, -0.2) is 0 Å². The number of nitrogens with two attached hydrogens (primary N) is 1. The number of nitrogens with one attached hydrogen (secondary N) is 2. The van der Waals surface area contributed by atoms with Gasteiger partial charge in [-0.15, -0.1) is 17.9 Å². The second-order valence-electron chi connectivity index (χ2n) is 4.66. The first-order chi connectivity index (χ1) is 8.61. The average Bonchev–Trinajstić information content (AvgIpc) is 3.11. The van der Waals surface area contributed by atoms with E-state index in [4.69, 9.17) is 5.73 Å². The Morgan fingerprint density at radius 1 is 1.72 bits per heavy atom. The van der Waals surface area contributed by atoms with Crippen LogP contribution in [0, 0.1) is 5.92 Å². The van der Waals surface area contributed by atoms with Crippen LogP contribution in [-0.4, -0.2) is 18.5 Å². The van der Waals surface area contributed by atoms with Gasteiger partial charge < -0.3 is 16.4 Å². The van der Waals surface area contributed by atoms with Crippen molar-refractivity contribution < 1.29 is 4.79 Å². The van der Waals surface area contributed by atoms with Crippen molar-refractivity contribution in [2.45, 2.75) is 25.8 Å². The van der Waals surface area contributed by atoms with Gasteiger partial charge in [-0.05, 0) is 31.7 Å². The molecule has 1 amide bonds. The standard InChI is InChI=1S/C13H19N3OS/c1-3-6-15-13(17)12-10(14)7-11(18-12)16-8(2)9-4-5-9/h3,7-9,16H,1,4-6,14H2,2H3,(H,15,17). The Hall–Kier alpha value is -1.49. The molecule has 0 saturated heterocycles. The largest absolute Gasteiger partial charge is 0.397 e. The summed E-state index contributed by atoms with van der Waals surface area (Å²) in [6.07, 6.45) is 4.24. The number of nitrogen functional groups attached to an aromatic ring is 1. The van der Waals surface area contributed by atoms with E-state index < -0.39 is 0 Å². The first-order valence-electron chi connectivity index (χ1n) is 6.16. The molecule has 1 aromatic rings. The molecule has 1 unspecified atom stereocenters. The van der Waals surface area contributed by atoms with Crippen molar-refractivity contribution in [1.82, 2.24) is 5.32 Å². The Labute approximate surface area is 111 Å². The molecule has 0 spiro atoms. The van der Waals surface area contributed by atoms with Crippen molar-refractivity contribution >= 4 is 27.9 Å². The van der Waals surface area contributed by atoms with Crippen molar-refractivity contribution in [3.05, 3.63) is 23.6 Å². The summed E-state index contributed by atoms with van der Waals surface area (Å²) < 4.78 is 0. The monoisotopic (exact) mass is 265 g/mol. The Balaban J connectivity index is 2.01. The normalized spacial score (nSPS) is 16.1. The number of thiophene rings is 1. The summed E-state index contributed by atoms with van der Waals surface area (Å²) in [6, 6.07) is 2.29. The molecule has 4 N–H and O–H groups in total. The maximum absolute atomic E-state index is 11.8. The number of anilines is 2. The number of hydrogen-bond donors (Lipinski definition) is 3. The molecule has 18 heavy (non-hydrogen) atoms. The van der Waals surface area contributed by atoms with Crippen LogP contribution in [0.2, 0.25) is 0 Å². The summed E-state index contributed by atoms with van der Waals surface area (Å²) in [6.45, 7) is 6.19. The minimum Gasteiger partial charge on any atom is -0.397 e. The molecule has 2 rings (SSSR count). The molecule has 0 aromatic carbocycles. The van der Waals surface area contributed by atoms with E-state index in [1.807, 2.05) is 6.07 Å². The van der Waals surface area contributed by atoms with E-state index in [0.29, 0.717) is 23.2 Å². The molecule has 4 nitrogen and oxygen atoms in total. The minimum atomic E-state index is -0.135. The van der Waals surface area contributed by atoms with Crippen LogP contribution in [0.25, 0.3) is 0 Å². The molecule has 1 aliphatic carbocycles. The molecular formula is C13H19N3OS. The van der Waals surface area contributed by atoms with Crippen LogP contribution < -0.4 is 16.4 Å². The molecule has 1 atom stereocenters. The zero-order valence-corrected chi connectivity index (χ0v) is 11.3. The highest BCUT2D eigenvalue weighted by molar-refractivity contribution is 7.18. The summed E-state index contributed by atoms with van der Waals surface area (Å²) in [5.41, 5.74) is 6.40. The van der Waals surface area contributed by atoms with Crippen molar-refractivity contribution in [3.8, 4) is 0 Å². The van der Waals surface area contributed by atoms with E-state index in [1.165, 1.54) is 24.2 Å². The lowest BCUT2D eigenvalue weighted by Crippen LogP contribution is -2.22. The average molecular weight is 265 g/mol. The zero-order valence-electron chi connectivity index (χ0n) is 10.5. The SMILES string of the molecule is C=CCNC(=O)c1sc(NC(C)C2CC2)cc1N. The topological polar surface area (TPSA) is 67.2 Å². The smallest absolute Gasteiger partial charge is 0.263 e. The van der Waals surface area contributed by atoms with Gasteiger partial charge >= 0.3 is 0 Å². The van der Waals surface area contributed by atoms with Crippen LogP contribution in [0.4, 0.5) is 10.7 Å². The van der Waals surface area contributed by atoms with Gasteiger partial charge in [0.1, 0.15) is 4.88 Å². The van der Waals surface area contributed by atoms with Crippen LogP contribution >= 0.6 is 11.3 Å². The van der Waals surface area contributed by atoms with Gasteiger partial charge in [-0.3, -0.25) is 4.79 Å². The lowest BCUT2D eigenvalue weighted by molar-refractivity contribution is 0.0963. The first-order valence-corrected chi connectivity index (χ1v) is 6.98. The van der Waals surface area contributed by atoms with E-state index in [0.717, 1.165) is 10.9 Å². The van der Waals surface area contributed by atoms with Gasteiger partial charge in [0, 0.05) is 12.6 Å². The van der Waals surface area contributed by atoms with Gasteiger partial charge in [-0.1, -0.05) is 6.08 Å². The highest BCUT2D eigenvalue weighted by Crippen LogP contribution is 2.36. The third-order valence-electron chi connectivity index (χ3n) is 3.07. The Bertz CT molecular complexity index is 451. The molecular weight excluding hydrogens is 246 g/mol. The highest BCUT2D eigenvalue weighted by Gasteiger charge is 2.28. The van der Waals surface area contributed by atoms with E-state index in [9.17, 15) is 4.79 Å². The summed E-state index contributed by atoms with van der Waals surface area (Å²) >= 11 is 1.41. The van der Waals surface area contributed by atoms with Crippen molar-refractivity contribution in [2.75, 3.05) is 17.6 Å². The summed E-state index contributed by atoms with van der Waals surface area (Å²) in [4.78, 5) is 12.4. The van der Waals surface area contributed by atoms with Crippen LogP contribution in [0.1, 0.15) is 29.4 Å². The van der Waals surface area contributed by atoms with Crippen molar-refractivity contribution in [3.63, 3.8) is 0 Å². The molecule has 0 aliphatic heterocycles. The Morgan fingerprint density at radius 2 is 2.44 bits per heavy atom. The highest BCUT2D eigenvalue weighted by atomic mass is 32.1. The fraction of sp³-hybridized carbons (Fsp3) is 0.462. The van der Waals surface area contributed by atoms with Crippen LogP contribution in [0.15, 0.2) is 18.7 Å². The maximum atomic E-state index is 11.8. The Morgan fingerprint density at radius 3 is 3.06 bits per heavy atom. The first kappa shape index (κ1) is 13.0. The second-order valence-corrected chi connectivity index (χ2v) is 5.72. The molecule has 1 fully saturated rings. The molecule has 1 aromatic heterocycles. The second kappa shape index (κ2) is 5.44. The van der Waals surface area contributed by atoms with E-state index in [-0.39, 0.29) is 5.91 Å². The summed E-state index contributed by atoms with van der Waals surface area (Å²) in [7, 11) is 0. The van der Waals surface area contributed by atoms with Gasteiger partial charge in [-0.2, -0.15) is 0 Å². The van der Waals surface area contributed by atoms with E-state index in [2.05, 4.69) is 24.1 Å². The van der Waals surface area contributed by atoms with Crippen molar-refractivity contribution in [1.29, 1.82) is 0 Å². The van der Waals surface area contributed by atoms with Crippen LogP contribution in [0.5, 0.6) is 0 Å². The lowest BCUT2D eigenvalue weighted by atomic mass is 10.2. The van der Waals surface area contributed by atoms with E-state index >= 15 is 0 Å². The molecule has 1 saturated carbocycles. The number of rotatable bonds is 6. The van der Waals surface area contributed by atoms with Crippen LogP contribution in [0.3, 0.4) is 0 Å². The number of carbonyl (C=O) groups excluding carboxylic acids is 1. The minimum absolute atomic E-state index is 0.135. The predicted octanol–water partition coefficient (Wildman–Crippen LogP) is 2.46. The number of amides is 1. The molecule has 1 heterocycles. The molecule has 5 heteroatoms. The molecule has 0 bridgehead atoms. The fourth-order valence-corrected chi connectivity index (χ4v) is 2.83. The molecule has 1 aliphatic rings. The number of hydrogen-bond acceptors (Lipinski definition) is 4. The van der Waals surface area contributed by atoms with Crippen LogP contribution in [-0.2, 0) is 0 Å². The number of carbonyl (C=O) groups is 1. The third kappa shape index (κ3) is 3.04. The van der Waals surface area contributed by atoms with Gasteiger partial charge in [0.25, 0.3) is 5.91 Å².